The number of anilines is 1. The summed E-state index contributed by atoms with van der Waals surface area (Å²) in [6.45, 7) is -0.760. The van der Waals surface area contributed by atoms with Crippen LogP contribution < -0.4 is 15.4 Å². The number of amides is 2. The number of benzene rings is 1. The minimum atomic E-state index is -5.00. The largest absolute Gasteiger partial charge is 0.497 e. The number of ether oxygens (including phenoxy) is 1. The molecule has 5 nitrogen and oxygen atoms in total. The highest BCUT2D eigenvalue weighted by molar-refractivity contribution is 5.95. The number of nitrogens with one attached hydrogen (secondary N) is 2. The van der Waals surface area contributed by atoms with E-state index in [0.717, 1.165) is 0 Å². The first-order valence-electron chi connectivity index (χ1n) is 5.12. The Hall–Kier alpha value is -2.25. The number of alkyl halides is 3. The molecule has 0 saturated heterocycles. The van der Waals surface area contributed by atoms with Crippen LogP contribution in [0.25, 0.3) is 0 Å². The average Bonchev–Trinajstić information content (AvgIpc) is 2.35. The number of halogens is 3. The molecule has 2 amide bonds. The molecular formula is C11H11F3N2O3. The summed E-state index contributed by atoms with van der Waals surface area (Å²) in [5.41, 5.74) is 0.382. The normalized spacial score (nSPS) is 10.7. The number of carbonyl (C=O) groups excluding carboxylic acids is 2. The Balaban J connectivity index is 2.45. The molecule has 0 aliphatic carbocycles. The van der Waals surface area contributed by atoms with E-state index >= 15 is 0 Å². The minimum Gasteiger partial charge on any atom is -0.497 e. The molecule has 0 aromatic heterocycles. The first-order chi connectivity index (χ1) is 8.82. The van der Waals surface area contributed by atoms with Gasteiger partial charge in [-0.3, -0.25) is 9.59 Å². The Kier molecular flexibility index (Phi) is 4.74. The molecule has 0 fully saturated rings. The van der Waals surface area contributed by atoms with E-state index < -0.39 is 24.5 Å². The Morgan fingerprint density at radius 3 is 2.26 bits per heavy atom. The standard InChI is InChI=1S/C11H11F3N2O3/c1-19-8-4-2-7(3-5-8)16-9(17)6-15-10(18)11(12,13)14/h2-5H,6H2,1H3,(H,15,18)(H,16,17). The van der Waals surface area contributed by atoms with Crippen molar-refractivity contribution < 1.29 is 27.5 Å². The van der Waals surface area contributed by atoms with Crippen LogP contribution in [0.15, 0.2) is 24.3 Å². The molecule has 0 heterocycles. The quantitative estimate of drug-likeness (QED) is 0.871. The minimum absolute atomic E-state index is 0.382. The van der Waals surface area contributed by atoms with Gasteiger partial charge in [0.05, 0.1) is 13.7 Å². The maximum absolute atomic E-state index is 11.9. The third-order valence-corrected chi connectivity index (χ3v) is 2.04. The number of rotatable bonds is 4. The van der Waals surface area contributed by atoms with Crippen molar-refractivity contribution in [1.82, 2.24) is 5.32 Å². The Morgan fingerprint density at radius 1 is 1.21 bits per heavy atom. The molecule has 0 aliphatic rings. The van der Waals surface area contributed by atoms with Gasteiger partial charge in [0.25, 0.3) is 0 Å². The van der Waals surface area contributed by atoms with Crippen LogP contribution in [0, 0.1) is 0 Å². The van der Waals surface area contributed by atoms with Crippen LogP contribution in [0.4, 0.5) is 18.9 Å². The molecule has 1 aromatic rings. The second-order valence-corrected chi connectivity index (χ2v) is 3.46. The zero-order valence-electron chi connectivity index (χ0n) is 9.88. The molecule has 0 aliphatic heterocycles. The summed E-state index contributed by atoms with van der Waals surface area (Å²) in [5.74, 6) is -2.34. The van der Waals surface area contributed by atoms with Crippen LogP contribution in [-0.2, 0) is 9.59 Å². The van der Waals surface area contributed by atoms with Crippen LogP contribution in [0.2, 0.25) is 0 Å². The Morgan fingerprint density at radius 2 is 1.79 bits per heavy atom. The van der Waals surface area contributed by atoms with Crippen molar-refractivity contribution in [2.24, 2.45) is 0 Å². The fourth-order valence-corrected chi connectivity index (χ4v) is 1.14. The van der Waals surface area contributed by atoms with Crippen molar-refractivity contribution in [3.8, 4) is 5.75 Å². The molecule has 0 spiro atoms. The predicted molar refractivity (Wildman–Crippen MR) is 60.7 cm³/mol. The van der Waals surface area contributed by atoms with Crippen LogP contribution in [-0.4, -0.2) is 31.6 Å². The molecule has 8 heteroatoms. The molecule has 0 radical (unpaired) electrons. The first-order valence-corrected chi connectivity index (χ1v) is 5.12. The van der Waals surface area contributed by atoms with E-state index in [-0.39, 0.29) is 0 Å². The summed E-state index contributed by atoms with van der Waals surface area (Å²) in [6.07, 6.45) is -5.00. The second-order valence-electron chi connectivity index (χ2n) is 3.46. The number of hydrogen-bond donors (Lipinski definition) is 2. The van der Waals surface area contributed by atoms with Crippen molar-refractivity contribution >= 4 is 17.5 Å². The lowest BCUT2D eigenvalue weighted by atomic mass is 10.3. The molecular weight excluding hydrogens is 265 g/mol. The Bertz CT molecular complexity index is 457. The molecule has 0 atom stereocenters. The van der Waals surface area contributed by atoms with Gasteiger partial charge in [0.1, 0.15) is 5.75 Å². The summed E-state index contributed by atoms with van der Waals surface area (Å²) < 4.78 is 40.5. The highest BCUT2D eigenvalue weighted by Crippen LogP contribution is 2.15. The molecule has 19 heavy (non-hydrogen) atoms. The van der Waals surface area contributed by atoms with Gasteiger partial charge < -0.3 is 15.4 Å². The lowest BCUT2D eigenvalue weighted by molar-refractivity contribution is -0.173. The van der Waals surface area contributed by atoms with Gasteiger partial charge in [0.15, 0.2) is 0 Å². The van der Waals surface area contributed by atoms with Crippen molar-refractivity contribution in [3.63, 3.8) is 0 Å². The molecule has 0 saturated carbocycles. The van der Waals surface area contributed by atoms with Gasteiger partial charge >= 0.3 is 12.1 Å². The lowest BCUT2D eigenvalue weighted by Crippen LogP contribution is -2.41. The van der Waals surface area contributed by atoms with Crippen LogP contribution in [0.1, 0.15) is 0 Å². The van der Waals surface area contributed by atoms with E-state index in [0.29, 0.717) is 11.4 Å². The summed E-state index contributed by atoms with van der Waals surface area (Å²) in [6, 6.07) is 6.18. The smallest absolute Gasteiger partial charge is 0.471 e. The van der Waals surface area contributed by atoms with E-state index in [1.807, 2.05) is 0 Å². The summed E-state index contributed by atoms with van der Waals surface area (Å²) in [5, 5.41) is 3.79. The van der Waals surface area contributed by atoms with Crippen LogP contribution >= 0.6 is 0 Å². The maximum Gasteiger partial charge on any atom is 0.471 e. The van der Waals surface area contributed by atoms with E-state index in [1.165, 1.54) is 24.6 Å². The fourth-order valence-electron chi connectivity index (χ4n) is 1.14. The van der Waals surface area contributed by atoms with E-state index in [4.69, 9.17) is 4.74 Å². The SMILES string of the molecule is COc1ccc(NC(=O)CNC(=O)C(F)(F)F)cc1. The second kappa shape index (κ2) is 6.07. The van der Waals surface area contributed by atoms with Crippen LogP contribution in [0.3, 0.4) is 0 Å². The molecule has 1 aromatic carbocycles. The summed E-state index contributed by atoms with van der Waals surface area (Å²) in [4.78, 5) is 21.7. The Labute approximate surface area is 106 Å². The number of methoxy groups -OCH3 is 1. The van der Waals surface area contributed by atoms with Gasteiger partial charge in [-0.25, -0.2) is 0 Å². The average molecular weight is 276 g/mol. The number of hydrogen-bond acceptors (Lipinski definition) is 3. The highest BCUT2D eigenvalue weighted by atomic mass is 19.4. The van der Waals surface area contributed by atoms with E-state index in [9.17, 15) is 22.8 Å². The third kappa shape index (κ3) is 4.86. The molecule has 0 unspecified atom stereocenters. The lowest BCUT2D eigenvalue weighted by Gasteiger charge is -2.09. The van der Waals surface area contributed by atoms with Crippen molar-refractivity contribution in [2.75, 3.05) is 19.0 Å². The van der Waals surface area contributed by atoms with E-state index in [2.05, 4.69) is 5.32 Å². The zero-order valence-corrected chi connectivity index (χ0v) is 9.88. The van der Waals surface area contributed by atoms with Crippen molar-refractivity contribution in [1.29, 1.82) is 0 Å². The maximum atomic E-state index is 11.9. The van der Waals surface area contributed by atoms with Crippen molar-refractivity contribution in [3.05, 3.63) is 24.3 Å². The van der Waals surface area contributed by atoms with Gasteiger partial charge in [0.2, 0.25) is 5.91 Å². The topological polar surface area (TPSA) is 67.4 Å². The number of carbonyl (C=O) groups is 2. The molecule has 2 N–H and O–H groups in total. The summed E-state index contributed by atoms with van der Waals surface area (Å²) >= 11 is 0. The first kappa shape index (κ1) is 14.8. The monoisotopic (exact) mass is 276 g/mol. The van der Waals surface area contributed by atoms with Gasteiger partial charge in [-0.05, 0) is 24.3 Å². The van der Waals surface area contributed by atoms with Crippen molar-refractivity contribution in [2.45, 2.75) is 6.18 Å². The zero-order chi connectivity index (χ0) is 14.5. The van der Waals surface area contributed by atoms with Gasteiger partial charge in [0, 0.05) is 5.69 Å². The third-order valence-electron chi connectivity index (χ3n) is 2.04. The molecule has 0 bridgehead atoms. The van der Waals surface area contributed by atoms with Gasteiger partial charge in [-0.1, -0.05) is 0 Å². The highest BCUT2D eigenvalue weighted by Gasteiger charge is 2.38. The van der Waals surface area contributed by atoms with E-state index in [1.54, 1.807) is 12.1 Å². The molecule has 104 valence electrons. The van der Waals surface area contributed by atoms with Gasteiger partial charge in [-0.15, -0.1) is 0 Å². The van der Waals surface area contributed by atoms with Gasteiger partial charge in [-0.2, -0.15) is 13.2 Å². The molecule has 1 rings (SSSR count). The predicted octanol–water partition coefficient (Wildman–Crippen LogP) is 1.31. The summed E-state index contributed by atoms with van der Waals surface area (Å²) in [7, 11) is 1.47. The fraction of sp³-hybridized carbons (Fsp3) is 0.273. The van der Waals surface area contributed by atoms with Crippen LogP contribution in [0.5, 0.6) is 5.75 Å².